The zero-order chi connectivity index (χ0) is 14.1. The molecule has 1 unspecified atom stereocenters. The van der Waals surface area contributed by atoms with E-state index in [9.17, 15) is 4.79 Å². The highest BCUT2D eigenvalue weighted by molar-refractivity contribution is 5.80. The molecule has 0 saturated carbocycles. The number of rotatable bonds is 7. The van der Waals surface area contributed by atoms with Gasteiger partial charge in [-0.25, -0.2) is 0 Å². The highest BCUT2D eigenvalue weighted by atomic mass is 16.5. The van der Waals surface area contributed by atoms with E-state index in [1.165, 1.54) is 7.11 Å². The van der Waals surface area contributed by atoms with Crippen LogP contribution in [0.3, 0.4) is 0 Å². The Balaban J connectivity index is 2.65. The van der Waals surface area contributed by atoms with Crippen LogP contribution in [0.1, 0.15) is 32.6 Å². The van der Waals surface area contributed by atoms with Gasteiger partial charge in [0.05, 0.1) is 13.7 Å². The van der Waals surface area contributed by atoms with Crippen molar-refractivity contribution in [3.63, 3.8) is 0 Å². The van der Waals surface area contributed by atoms with Gasteiger partial charge in [-0.2, -0.15) is 0 Å². The molecule has 5 heteroatoms. The summed E-state index contributed by atoms with van der Waals surface area (Å²) in [5.74, 6) is -0.137. The van der Waals surface area contributed by atoms with Gasteiger partial charge in [0.15, 0.2) is 0 Å². The molecule has 0 aromatic rings. The summed E-state index contributed by atoms with van der Waals surface area (Å²) in [6.07, 6.45) is 3.82. The van der Waals surface area contributed by atoms with Crippen molar-refractivity contribution < 1.29 is 14.3 Å². The molecule has 0 amide bonds. The normalized spacial score (nSPS) is 25.0. The van der Waals surface area contributed by atoms with Gasteiger partial charge in [0.25, 0.3) is 0 Å². The number of methoxy groups -OCH3 is 2. The largest absolute Gasteiger partial charge is 0.468 e. The molecule has 112 valence electrons. The molecule has 0 spiro atoms. The number of nitrogens with zero attached hydrogens (tertiary/aromatic N) is 1. The van der Waals surface area contributed by atoms with E-state index in [-0.39, 0.29) is 5.97 Å². The number of hydrogen-bond acceptors (Lipinski definition) is 5. The van der Waals surface area contributed by atoms with Crippen LogP contribution in [0, 0.1) is 0 Å². The Morgan fingerprint density at radius 2 is 2.11 bits per heavy atom. The highest BCUT2D eigenvalue weighted by Gasteiger charge is 2.40. The predicted molar refractivity (Wildman–Crippen MR) is 75.2 cm³/mol. The number of esters is 1. The van der Waals surface area contributed by atoms with Crippen molar-refractivity contribution in [3.8, 4) is 0 Å². The van der Waals surface area contributed by atoms with E-state index in [2.05, 4.69) is 17.1 Å². The van der Waals surface area contributed by atoms with Crippen LogP contribution < -0.4 is 5.32 Å². The average molecular weight is 272 g/mol. The van der Waals surface area contributed by atoms with Crippen molar-refractivity contribution in [2.45, 2.75) is 38.1 Å². The van der Waals surface area contributed by atoms with Gasteiger partial charge in [0.1, 0.15) is 5.54 Å². The van der Waals surface area contributed by atoms with E-state index in [1.54, 1.807) is 7.11 Å². The minimum atomic E-state index is -0.532. The maximum absolute atomic E-state index is 12.2. The zero-order valence-corrected chi connectivity index (χ0v) is 12.5. The fraction of sp³-hybridized carbons (Fsp3) is 0.929. The third-order valence-electron chi connectivity index (χ3n) is 3.82. The molecule has 1 N–H and O–H groups in total. The lowest BCUT2D eigenvalue weighted by atomic mass is 9.90. The minimum Gasteiger partial charge on any atom is -0.468 e. The predicted octanol–water partition coefficient (Wildman–Crippen LogP) is 1.03. The smallest absolute Gasteiger partial charge is 0.326 e. The summed E-state index contributed by atoms with van der Waals surface area (Å²) in [6, 6.07) is 0. The summed E-state index contributed by atoms with van der Waals surface area (Å²) in [6.45, 7) is 6.60. The minimum absolute atomic E-state index is 0.137. The molecule has 19 heavy (non-hydrogen) atoms. The number of ether oxygens (including phenoxy) is 2. The third-order valence-corrected chi connectivity index (χ3v) is 3.82. The van der Waals surface area contributed by atoms with Gasteiger partial charge >= 0.3 is 5.97 Å². The second kappa shape index (κ2) is 8.51. The molecule has 0 aliphatic carbocycles. The fourth-order valence-electron chi connectivity index (χ4n) is 2.77. The van der Waals surface area contributed by atoms with Gasteiger partial charge in [0, 0.05) is 20.2 Å². The van der Waals surface area contributed by atoms with E-state index in [0.29, 0.717) is 13.2 Å². The van der Waals surface area contributed by atoms with E-state index in [1.807, 2.05) is 0 Å². The molecular weight excluding hydrogens is 244 g/mol. The number of likely N-dealkylation sites (tertiary alicyclic amines) is 1. The van der Waals surface area contributed by atoms with Crippen molar-refractivity contribution in [2.75, 3.05) is 47.0 Å². The summed E-state index contributed by atoms with van der Waals surface area (Å²) in [7, 11) is 3.14. The van der Waals surface area contributed by atoms with Crippen molar-refractivity contribution in [1.29, 1.82) is 0 Å². The molecule has 1 aliphatic rings. The van der Waals surface area contributed by atoms with Gasteiger partial charge in [-0.15, -0.1) is 0 Å². The molecule has 1 rings (SSSR count). The zero-order valence-electron chi connectivity index (χ0n) is 12.5. The van der Waals surface area contributed by atoms with E-state index in [4.69, 9.17) is 9.47 Å². The first kappa shape index (κ1) is 16.4. The quantitative estimate of drug-likeness (QED) is 0.554. The van der Waals surface area contributed by atoms with Gasteiger partial charge in [-0.3, -0.25) is 10.1 Å². The lowest BCUT2D eigenvalue weighted by Gasteiger charge is -2.31. The lowest BCUT2D eigenvalue weighted by Crippen LogP contribution is -2.54. The topological polar surface area (TPSA) is 50.8 Å². The molecule has 1 fully saturated rings. The highest BCUT2D eigenvalue weighted by Crippen LogP contribution is 2.24. The van der Waals surface area contributed by atoms with Crippen LogP contribution in [-0.4, -0.2) is 63.4 Å². The Morgan fingerprint density at radius 1 is 1.32 bits per heavy atom. The number of hydrogen-bond donors (Lipinski definition) is 1. The Bertz CT molecular complexity index is 273. The van der Waals surface area contributed by atoms with Crippen molar-refractivity contribution in [1.82, 2.24) is 10.2 Å². The summed E-state index contributed by atoms with van der Waals surface area (Å²) in [5, 5.41) is 3.36. The van der Waals surface area contributed by atoms with Crippen molar-refractivity contribution >= 4 is 5.97 Å². The second-order valence-corrected chi connectivity index (χ2v) is 5.19. The monoisotopic (exact) mass is 272 g/mol. The molecule has 1 atom stereocenters. The summed E-state index contributed by atoms with van der Waals surface area (Å²) < 4.78 is 10.1. The van der Waals surface area contributed by atoms with Gasteiger partial charge in [-0.05, 0) is 38.8 Å². The molecule has 0 aromatic carbocycles. The molecular formula is C14H28N2O3. The lowest BCUT2D eigenvalue weighted by molar-refractivity contribution is -0.149. The molecule has 0 radical (unpaired) electrons. The summed E-state index contributed by atoms with van der Waals surface area (Å²) >= 11 is 0. The van der Waals surface area contributed by atoms with Crippen LogP contribution in [0.25, 0.3) is 0 Å². The first-order valence-corrected chi connectivity index (χ1v) is 7.23. The van der Waals surface area contributed by atoms with E-state index >= 15 is 0 Å². The Kier molecular flexibility index (Phi) is 7.34. The van der Waals surface area contributed by atoms with Crippen LogP contribution in [0.2, 0.25) is 0 Å². The Labute approximate surface area is 116 Å². The maximum atomic E-state index is 12.2. The first-order valence-electron chi connectivity index (χ1n) is 7.23. The van der Waals surface area contributed by atoms with Crippen LogP contribution >= 0.6 is 0 Å². The fourth-order valence-corrected chi connectivity index (χ4v) is 2.77. The number of nitrogens with one attached hydrogen (secondary N) is 1. The second-order valence-electron chi connectivity index (χ2n) is 5.19. The van der Waals surface area contributed by atoms with Crippen molar-refractivity contribution in [2.24, 2.45) is 0 Å². The Morgan fingerprint density at radius 3 is 2.74 bits per heavy atom. The number of carbonyl (C=O) groups excluding carboxylic acids is 1. The number of carbonyl (C=O) groups is 1. The molecule has 0 aromatic heterocycles. The molecule has 1 heterocycles. The van der Waals surface area contributed by atoms with Gasteiger partial charge in [0.2, 0.25) is 0 Å². The summed E-state index contributed by atoms with van der Waals surface area (Å²) in [5.41, 5.74) is -0.532. The van der Waals surface area contributed by atoms with Crippen molar-refractivity contribution in [3.05, 3.63) is 0 Å². The van der Waals surface area contributed by atoms with Crippen LogP contribution in [0.4, 0.5) is 0 Å². The maximum Gasteiger partial charge on any atom is 0.326 e. The Hall–Kier alpha value is -0.650. The van der Waals surface area contributed by atoms with Gasteiger partial charge < -0.3 is 14.4 Å². The first-order chi connectivity index (χ1) is 9.18. The van der Waals surface area contributed by atoms with Crippen LogP contribution in [0.15, 0.2) is 0 Å². The average Bonchev–Trinajstić information content (AvgIpc) is 2.62. The molecule has 5 nitrogen and oxygen atoms in total. The van der Waals surface area contributed by atoms with Crippen LogP contribution in [-0.2, 0) is 14.3 Å². The van der Waals surface area contributed by atoms with Crippen LogP contribution in [0.5, 0.6) is 0 Å². The van der Waals surface area contributed by atoms with E-state index < -0.39 is 5.54 Å². The molecule has 1 saturated heterocycles. The molecule has 1 aliphatic heterocycles. The standard InChI is InChI=1S/C14H28N2O3/c1-4-9-16-10-5-6-14(7-11-16,13(17)19-3)15-8-12-18-2/h15H,4-12H2,1-3H3. The molecule has 0 bridgehead atoms. The van der Waals surface area contributed by atoms with E-state index in [0.717, 1.165) is 45.3 Å². The SMILES string of the molecule is CCCN1CCCC(NCCOC)(C(=O)OC)CC1. The third kappa shape index (κ3) is 4.75. The summed E-state index contributed by atoms with van der Waals surface area (Å²) in [4.78, 5) is 14.6. The van der Waals surface area contributed by atoms with Gasteiger partial charge in [-0.1, -0.05) is 6.92 Å².